The zero-order valence-corrected chi connectivity index (χ0v) is 15.5. The normalized spacial score (nSPS) is 22.7. The summed E-state index contributed by atoms with van der Waals surface area (Å²) in [7, 11) is 3.64. The minimum Gasteiger partial charge on any atom is -0.384 e. The highest BCUT2D eigenvalue weighted by Gasteiger charge is 2.40. The van der Waals surface area contributed by atoms with Crippen molar-refractivity contribution in [2.24, 2.45) is 11.3 Å². The Kier molecular flexibility index (Phi) is 8.92. The van der Waals surface area contributed by atoms with Crippen molar-refractivity contribution in [3.8, 4) is 0 Å². The van der Waals surface area contributed by atoms with E-state index in [1.54, 1.807) is 0 Å². The molecule has 2 aliphatic carbocycles. The highest BCUT2D eigenvalue weighted by Crippen LogP contribution is 2.40. The molecule has 0 radical (unpaired) electrons. The lowest BCUT2D eigenvalue weighted by molar-refractivity contribution is -0.111. The molecule has 0 aromatic heterocycles. The van der Waals surface area contributed by atoms with Gasteiger partial charge in [-0.3, -0.25) is 0 Å². The van der Waals surface area contributed by atoms with Crippen molar-refractivity contribution < 1.29 is 14.2 Å². The Bertz CT molecular complexity index is 285. The van der Waals surface area contributed by atoms with Gasteiger partial charge in [0.1, 0.15) is 0 Å². The van der Waals surface area contributed by atoms with Crippen LogP contribution in [0.4, 0.5) is 0 Å². The van der Waals surface area contributed by atoms with E-state index in [4.69, 9.17) is 14.2 Å². The lowest BCUT2D eigenvalue weighted by atomic mass is 9.69. The zero-order valence-electron chi connectivity index (χ0n) is 15.5. The second kappa shape index (κ2) is 10.7. The van der Waals surface area contributed by atoms with Crippen molar-refractivity contribution in [3.05, 3.63) is 0 Å². The topological polar surface area (TPSA) is 27.7 Å². The van der Waals surface area contributed by atoms with E-state index in [9.17, 15) is 0 Å². The monoisotopic (exact) mass is 326 g/mol. The number of hydrogen-bond acceptors (Lipinski definition) is 3. The van der Waals surface area contributed by atoms with Crippen LogP contribution in [0.1, 0.15) is 77.0 Å². The molecule has 0 aliphatic heterocycles. The first-order valence-corrected chi connectivity index (χ1v) is 9.90. The molecule has 3 nitrogen and oxygen atoms in total. The fourth-order valence-corrected chi connectivity index (χ4v) is 4.64. The second-order valence-electron chi connectivity index (χ2n) is 7.84. The van der Waals surface area contributed by atoms with Crippen molar-refractivity contribution in [3.63, 3.8) is 0 Å². The Hall–Kier alpha value is -0.120. The van der Waals surface area contributed by atoms with Crippen molar-refractivity contribution in [1.29, 1.82) is 0 Å². The molecule has 136 valence electrons. The third-order valence-electron chi connectivity index (χ3n) is 5.99. The number of methoxy groups -OCH3 is 2. The van der Waals surface area contributed by atoms with Gasteiger partial charge in [-0.15, -0.1) is 0 Å². The Balaban J connectivity index is 1.96. The van der Waals surface area contributed by atoms with Crippen molar-refractivity contribution in [2.45, 2.75) is 83.2 Å². The summed E-state index contributed by atoms with van der Waals surface area (Å²) in [5.41, 5.74) is 0.0479. The Morgan fingerprint density at radius 2 is 1.13 bits per heavy atom. The largest absolute Gasteiger partial charge is 0.384 e. The van der Waals surface area contributed by atoms with Crippen LogP contribution in [0.3, 0.4) is 0 Å². The Morgan fingerprint density at radius 1 is 0.652 bits per heavy atom. The third-order valence-corrected chi connectivity index (χ3v) is 5.99. The van der Waals surface area contributed by atoms with Crippen molar-refractivity contribution >= 4 is 0 Å². The van der Waals surface area contributed by atoms with E-state index in [1.807, 2.05) is 14.2 Å². The highest BCUT2D eigenvalue weighted by atomic mass is 16.5. The Morgan fingerprint density at radius 3 is 1.70 bits per heavy atom. The third kappa shape index (κ3) is 6.03. The summed E-state index contributed by atoms with van der Waals surface area (Å²) in [5.74, 6) is 0.685. The summed E-state index contributed by atoms with van der Waals surface area (Å²) in [4.78, 5) is 0. The molecular formula is C20H38O3. The molecule has 0 amide bonds. The Labute approximate surface area is 143 Å². The van der Waals surface area contributed by atoms with Gasteiger partial charge in [0.2, 0.25) is 0 Å². The van der Waals surface area contributed by atoms with E-state index in [-0.39, 0.29) is 5.41 Å². The molecule has 0 bridgehead atoms. The van der Waals surface area contributed by atoms with E-state index < -0.39 is 0 Å². The molecule has 2 aliphatic rings. The molecule has 2 saturated carbocycles. The van der Waals surface area contributed by atoms with E-state index in [2.05, 4.69) is 0 Å². The highest BCUT2D eigenvalue weighted by molar-refractivity contribution is 4.89. The van der Waals surface area contributed by atoms with Gasteiger partial charge in [-0.2, -0.15) is 0 Å². The second-order valence-corrected chi connectivity index (χ2v) is 7.84. The van der Waals surface area contributed by atoms with Crippen LogP contribution >= 0.6 is 0 Å². The average Bonchev–Trinajstić information content (AvgIpc) is 2.55. The van der Waals surface area contributed by atoms with Crippen molar-refractivity contribution in [1.82, 2.24) is 0 Å². The van der Waals surface area contributed by atoms with Gasteiger partial charge in [-0.05, 0) is 31.6 Å². The molecular weight excluding hydrogens is 288 g/mol. The summed E-state index contributed by atoms with van der Waals surface area (Å²) in [6.07, 6.45) is 16.4. The lowest BCUT2D eigenvalue weighted by Gasteiger charge is -2.42. The van der Waals surface area contributed by atoms with Crippen LogP contribution in [0, 0.1) is 11.3 Å². The van der Waals surface area contributed by atoms with Crippen molar-refractivity contribution in [2.75, 3.05) is 34.0 Å². The van der Waals surface area contributed by atoms with Gasteiger partial charge in [0.25, 0.3) is 0 Å². The van der Waals surface area contributed by atoms with Crippen LogP contribution in [-0.2, 0) is 14.2 Å². The van der Waals surface area contributed by atoms with Crippen LogP contribution < -0.4 is 0 Å². The van der Waals surface area contributed by atoms with E-state index in [0.717, 1.165) is 19.8 Å². The molecule has 3 heteroatoms. The van der Waals surface area contributed by atoms with Gasteiger partial charge in [-0.1, -0.05) is 51.4 Å². The molecule has 2 rings (SSSR count). The van der Waals surface area contributed by atoms with Gasteiger partial charge < -0.3 is 14.2 Å². The fraction of sp³-hybridized carbons (Fsp3) is 1.00. The van der Waals surface area contributed by atoms with Crippen LogP contribution in [0.15, 0.2) is 0 Å². The van der Waals surface area contributed by atoms with Gasteiger partial charge in [-0.25, -0.2) is 0 Å². The smallest absolute Gasteiger partial charge is 0.0575 e. The van der Waals surface area contributed by atoms with Crippen LogP contribution in [0.2, 0.25) is 0 Å². The fourth-order valence-electron chi connectivity index (χ4n) is 4.64. The quantitative estimate of drug-likeness (QED) is 0.630. The maximum atomic E-state index is 6.48. The minimum atomic E-state index is 0.0479. The SMILES string of the molecule is COCC(COC)(COC1CCCCCCC1)C1CCCCC1. The van der Waals surface area contributed by atoms with E-state index in [1.165, 1.54) is 77.0 Å². The summed E-state index contributed by atoms with van der Waals surface area (Å²) in [6.45, 7) is 2.33. The molecule has 0 unspecified atom stereocenters. The number of rotatable bonds is 8. The van der Waals surface area contributed by atoms with E-state index in [0.29, 0.717) is 12.0 Å². The first-order valence-electron chi connectivity index (χ1n) is 9.90. The molecule has 0 saturated heterocycles. The lowest BCUT2D eigenvalue weighted by Crippen LogP contribution is -2.45. The van der Waals surface area contributed by atoms with Gasteiger partial charge >= 0.3 is 0 Å². The first-order chi connectivity index (χ1) is 11.3. The summed E-state index contributed by atoms with van der Waals surface area (Å²) >= 11 is 0. The maximum absolute atomic E-state index is 6.48. The van der Waals surface area contributed by atoms with Crippen LogP contribution in [-0.4, -0.2) is 40.1 Å². The zero-order chi connectivity index (χ0) is 16.4. The molecule has 0 atom stereocenters. The molecule has 0 heterocycles. The van der Waals surface area contributed by atoms with Gasteiger partial charge in [0.15, 0.2) is 0 Å². The molecule has 2 fully saturated rings. The number of hydrogen-bond donors (Lipinski definition) is 0. The molecule has 0 N–H and O–H groups in total. The predicted molar refractivity (Wildman–Crippen MR) is 94.8 cm³/mol. The number of ether oxygens (including phenoxy) is 3. The van der Waals surface area contributed by atoms with Crippen LogP contribution in [0.25, 0.3) is 0 Å². The minimum absolute atomic E-state index is 0.0479. The summed E-state index contributed by atoms with van der Waals surface area (Å²) < 4.78 is 17.8. The van der Waals surface area contributed by atoms with Gasteiger partial charge in [0, 0.05) is 19.6 Å². The van der Waals surface area contributed by atoms with Crippen LogP contribution in [0.5, 0.6) is 0 Å². The first kappa shape index (κ1) is 19.2. The maximum Gasteiger partial charge on any atom is 0.0575 e. The molecule has 0 aromatic carbocycles. The molecule has 0 spiro atoms. The molecule has 0 aromatic rings. The summed E-state index contributed by atoms with van der Waals surface area (Å²) in [5, 5.41) is 0. The molecule has 23 heavy (non-hydrogen) atoms. The predicted octanol–water partition coefficient (Wildman–Crippen LogP) is 4.98. The average molecular weight is 327 g/mol. The van der Waals surface area contributed by atoms with Gasteiger partial charge in [0.05, 0.1) is 25.9 Å². The van der Waals surface area contributed by atoms with E-state index >= 15 is 0 Å². The standard InChI is InChI=1S/C20H38O3/c1-21-15-20(16-22-2,18-11-7-6-8-12-18)17-23-19-13-9-4-3-5-10-14-19/h18-19H,3-17H2,1-2H3. The summed E-state index contributed by atoms with van der Waals surface area (Å²) in [6, 6.07) is 0.